The lowest BCUT2D eigenvalue weighted by atomic mass is 9.96. The molecule has 0 spiro atoms. The number of hydrogen-bond acceptors (Lipinski definition) is 4. The fourth-order valence-electron chi connectivity index (χ4n) is 3.67. The van der Waals surface area contributed by atoms with Crippen LogP contribution < -0.4 is 5.56 Å². The van der Waals surface area contributed by atoms with Gasteiger partial charge in [-0.1, -0.05) is 13.3 Å². The van der Waals surface area contributed by atoms with Gasteiger partial charge in [0.1, 0.15) is 17.5 Å². The Morgan fingerprint density at radius 2 is 2.30 bits per heavy atom. The van der Waals surface area contributed by atoms with Crippen LogP contribution >= 0.6 is 0 Å². The highest BCUT2D eigenvalue weighted by Gasteiger charge is 2.29. The molecule has 1 fully saturated rings. The molecule has 142 valence electrons. The highest BCUT2D eigenvalue weighted by molar-refractivity contribution is 5.95. The topological polar surface area (TPSA) is 94.8 Å². The molecule has 3 heterocycles. The van der Waals surface area contributed by atoms with E-state index >= 15 is 0 Å². The molecule has 3 rings (SSSR count). The van der Waals surface area contributed by atoms with Gasteiger partial charge in [-0.25, -0.2) is 4.98 Å². The van der Waals surface area contributed by atoms with Crippen molar-refractivity contribution in [1.82, 2.24) is 19.4 Å². The van der Waals surface area contributed by atoms with E-state index in [1.165, 1.54) is 6.07 Å². The Labute approximate surface area is 158 Å². The number of rotatable bonds is 5. The largest absolute Gasteiger partial charge is 0.338 e. The number of hydrogen-bond donors (Lipinski definition) is 1. The Bertz CT molecular complexity index is 921. The molecule has 2 aromatic heterocycles. The van der Waals surface area contributed by atoms with Crippen LogP contribution in [0.3, 0.4) is 0 Å². The summed E-state index contributed by atoms with van der Waals surface area (Å²) in [4.78, 5) is 33.8. The predicted octanol–water partition coefficient (Wildman–Crippen LogP) is 2.57. The third-order valence-corrected chi connectivity index (χ3v) is 5.16. The molecule has 0 saturated carbocycles. The number of aryl methyl sites for hydroxylation is 2. The first-order valence-corrected chi connectivity index (χ1v) is 9.49. The Morgan fingerprint density at radius 3 is 3.04 bits per heavy atom. The second-order valence-corrected chi connectivity index (χ2v) is 7.09. The number of nitriles is 1. The summed E-state index contributed by atoms with van der Waals surface area (Å²) in [5.74, 6) is 1.10. The number of H-pyrrole nitrogens is 1. The average Bonchev–Trinajstić information content (AvgIpc) is 3.14. The van der Waals surface area contributed by atoms with Crippen LogP contribution in [-0.2, 0) is 6.54 Å². The van der Waals surface area contributed by atoms with Crippen molar-refractivity contribution in [3.63, 3.8) is 0 Å². The Balaban J connectivity index is 1.81. The quantitative estimate of drug-likeness (QED) is 0.879. The zero-order valence-corrected chi connectivity index (χ0v) is 15.9. The van der Waals surface area contributed by atoms with Gasteiger partial charge in [-0.2, -0.15) is 5.26 Å². The maximum absolute atomic E-state index is 13.0. The van der Waals surface area contributed by atoms with E-state index in [0.29, 0.717) is 24.3 Å². The normalized spacial score (nSPS) is 16.9. The first kappa shape index (κ1) is 18.9. The SMILES string of the molecule is CCCCn1ccnc1[C@@H]1CCCN(C(=O)c2cc(C#N)c(=O)[nH]c2C)C1. The fourth-order valence-corrected chi connectivity index (χ4v) is 3.67. The van der Waals surface area contributed by atoms with Gasteiger partial charge in [-0.3, -0.25) is 9.59 Å². The summed E-state index contributed by atoms with van der Waals surface area (Å²) in [7, 11) is 0. The van der Waals surface area contributed by atoms with Gasteiger partial charge in [0.05, 0.1) is 5.56 Å². The molecule has 7 nitrogen and oxygen atoms in total. The summed E-state index contributed by atoms with van der Waals surface area (Å²) in [6.45, 7) is 6.07. The molecule has 1 saturated heterocycles. The molecule has 1 atom stereocenters. The molecule has 1 aliphatic heterocycles. The summed E-state index contributed by atoms with van der Waals surface area (Å²) < 4.78 is 2.20. The molecule has 0 bridgehead atoms. The van der Waals surface area contributed by atoms with Crippen LogP contribution in [-0.4, -0.2) is 38.4 Å². The summed E-state index contributed by atoms with van der Waals surface area (Å²) in [5.41, 5.74) is 0.394. The van der Waals surface area contributed by atoms with Crippen LogP contribution in [0.2, 0.25) is 0 Å². The number of amides is 1. The van der Waals surface area contributed by atoms with Crippen molar-refractivity contribution in [3.8, 4) is 6.07 Å². The second kappa shape index (κ2) is 8.21. The smallest absolute Gasteiger partial charge is 0.266 e. The lowest BCUT2D eigenvalue weighted by Gasteiger charge is -2.33. The molecule has 0 unspecified atom stereocenters. The molecule has 0 aliphatic carbocycles. The zero-order valence-electron chi connectivity index (χ0n) is 15.9. The van der Waals surface area contributed by atoms with Crippen LogP contribution in [0, 0.1) is 18.3 Å². The number of carbonyl (C=O) groups is 1. The minimum atomic E-state index is -0.457. The van der Waals surface area contributed by atoms with Crippen molar-refractivity contribution in [2.45, 2.75) is 52.0 Å². The van der Waals surface area contributed by atoms with Crippen LogP contribution in [0.4, 0.5) is 0 Å². The monoisotopic (exact) mass is 367 g/mol. The van der Waals surface area contributed by atoms with Gasteiger partial charge in [0.2, 0.25) is 0 Å². The standard InChI is InChI=1S/C20H25N5O2/c1-3-4-8-24-10-7-22-18(24)15-6-5-9-25(13-15)20(27)17-11-16(12-21)19(26)23-14(17)2/h7,10-11,15H,3-6,8-9,13H2,1-2H3,(H,23,26)/t15-/m1/s1. The second-order valence-electron chi connectivity index (χ2n) is 7.09. The van der Waals surface area contributed by atoms with E-state index in [2.05, 4.69) is 21.5 Å². The Kier molecular flexibility index (Phi) is 5.75. The van der Waals surface area contributed by atoms with Crippen LogP contribution in [0.25, 0.3) is 0 Å². The summed E-state index contributed by atoms with van der Waals surface area (Å²) in [5, 5.41) is 9.09. The van der Waals surface area contributed by atoms with Crippen molar-refractivity contribution >= 4 is 5.91 Å². The number of nitrogens with one attached hydrogen (secondary N) is 1. The van der Waals surface area contributed by atoms with Crippen molar-refractivity contribution < 1.29 is 4.79 Å². The lowest BCUT2D eigenvalue weighted by molar-refractivity contribution is 0.0702. The van der Waals surface area contributed by atoms with Crippen LogP contribution in [0.5, 0.6) is 0 Å². The molecule has 1 N–H and O–H groups in total. The van der Waals surface area contributed by atoms with Crippen LogP contribution in [0.1, 0.15) is 66.0 Å². The third kappa shape index (κ3) is 3.95. The molecular formula is C20H25N5O2. The number of piperidine rings is 1. The van der Waals surface area contributed by atoms with Gasteiger partial charge in [-0.15, -0.1) is 0 Å². The van der Waals surface area contributed by atoms with Gasteiger partial charge in [-0.05, 0) is 32.3 Å². The number of aromatic nitrogens is 3. The number of pyridine rings is 1. The predicted molar refractivity (Wildman–Crippen MR) is 102 cm³/mol. The van der Waals surface area contributed by atoms with E-state index in [1.54, 1.807) is 6.92 Å². The van der Waals surface area contributed by atoms with Crippen LogP contribution in [0.15, 0.2) is 23.3 Å². The molecule has 0 radical (unpaired) electrons. The van der Waals surface area contributed by atoms with E-state index in [-0.39, 0.29) is 17.4 Å². The van der Waals surface area contributed by atoms with E-state index < -0.39 is 5.56 Å². The van der Waals surface area contributed by atoms with E-state index in [9.17, 15) is 9.59 Å². The van der Waals surface area contributed by atoms with E-state index in [1.807, 2.05) is 23.4 Å². The zero-order chi connectivity index (χ0) is 19.4. The Morgan fingerprint density at radius 1 is 1.48 bits per heavy atom. The molecule has 1 amide bonds. The van der Waals surface area contributed by atoms with Gasteiger partial charge >= 0.3 is 0 Å². The highest BCUT2D eigenvalue weighted by atomic mass is 16.2. The van der Waals surface area contributed by atoms with Crippen molar-refractivity contribution in [2.75, 3.05) is 13.1 Å². The molecule has 2 aromatic rings. The minimum absolute atomic E-state index is 0.0346. The van der Waals surface area contributed by atoms with Crippen molar-refractivity contribution in [1.29, 1.82) is 5.26 Å². The third-order valence-electron chi connectivity index (χ3n) is 5.16. The summed E-state index contributed by atoms with van der Waals surface area (Å²) in [6.07, 6.45) is 7.98. The van der Waals surface area contributed by atoms with Crippen molar-refractivity contribution in [3.05, 3.63) is 51.5 Å². The first-order chi connectivity index (χ1) is 13.0. The Hall–Kier alpha value is -2.88. The van der Waals surface area contributed by atoms with E-state index in [0.717, 1.165) is 38.1 Å². The van der Waals surface area contributed by atoms with Gasteiger partial charge in [0.15, 0.2) is 0 Å². The highest BCUT2D eigenvalue weighted by Crippen LogP contribution is 2.27. The number of unbranched alkanes of at least 4 members (excludes halogenated alkanes) is 1. The van der Waals surface area contributed by atoms with Crippen molar-refractivity contribution in [2.24, 2.45) is 0 Å². The molecule has 7 heteroatoms. The maximum Gasteiger partial charge on any atom is 0.266 e. The molecule has 27 heavy (non-hydrogen) atoms. The number of aromatic amines is 1. The average molecular weight is 367 g/mol. The van der Waals surface area contributed by atoms with Gasteiger partial charge in [0, 0.05) is 43.6 Å². The minimum Gasteiger partial charge on any atom is -0.338 e. The van der Waals surface area contributed by atoms with Gasteiger partial charge in [0.25, 0.3) is 11.5 Å². The molecular weight excluding hydrogens is 342 g/mol. The number of imidazole rings is 1. The molecule has 1 aliphatic rings. The summed E-state index contributed by atoms with van der Waals surface area (Å²) in [6, 6.07) is 3.26. The van der Waals surface area contributed by atoms with Gasteiger partial charge < -0.3 is 14.5 Å². The lowest BCUT2D eigenvalue weighted by Crippen LogP contribution is -2.40. The number of carbonyl (C=O) groups excluding carboxylic acids is 1. The first-order valence-electron chi connectivity index (χ1n) is 9.49. The summed E-state index contributed by atoms with van der Waals surface area (Å²) >= 11 is 0. The van der Waals surface area contributed by atoms with E-state index in [4.69, 9.17) is 5.26 Å². The number of likely N-dealkylation sites (tertiary alicyclic amines) is 1. The number of nitrogens with zero attached hydrogens (tertiary/aromatic N) is 4. The maximum atomic E-state index is 13.0. The molecule has 0 aromatic carbocycles. The fraction of sp³-hybridized carbons (Fsp3) is 0.500.